The fourth-order valence-corrected chi connectivity index (χ4v) is 2.59. The highest BCUT2D eigenvalue weighted by Gasteiger charge is 2.15. The number of hydrogen-bond donors (Lipinski definition) is 1. The van der Waals surface area contributed by atoms with E-state index in [-0.39, 0.29) is 12.3 Å². The molecule has 0 aliphatic rings. The third-order valence-electron chi connectivity index (χ3n) is 3.91. The molecule has 0 bridgehead atoms. The molecule has 1 amide bonds. The molecule has 0 spiro atoms. The fraction of sp³-hybridized carbons (Fsp3) is 0.200. The number of nitrogens with zero attached hydrogens (tertiary/aromatic N) is 1. The molecule has 3 rings (SSSR count). The molecule has 1 N–H and O–H groups in total. The van der Waals surface area contributed by atoms with Crippen molar-refractivity contribution in [1.29, 1.82) is 0 Å². The number of aromatic nitrogens is 1. The second-order valence-corrected chi connectivity index (χ2v) is 5.63. The maximum atomic E-state index is 12.3. The van der Waals surface area contributed by atoms with E-state index in [1.54, 1.807) is 0 Å². The number of aryl methyl sites for hydroxylation is 2. The number of carbonyl (C=O) groups excluding carboxylic acids is 1. The highest BCUT2D eigenvalue weighted by atomic mass is 16.4. The van der Waals surface area contributed by atoms with Gasteiger partial charge in [-0.2, -0.15) is 0 Å². The van der Waals surface area contributed by atoms with Crippen LogP contribution in [0.2, 0.25) is 0 Å². The van der Waals surface area contributed by atoms with Gasteiger partial charge in [0.2, 0.25) is 11.8 Å². The van der Waals surface area contributed by atoms with Gasteiger partial charge in [-0.15, -0.1) is 0 Å². The van der Waals surface area contributed by atoms with Crippen molar-refractivity contribution in [3.8, 4) is 11.5 Å². The molecule has 24 heavy (non-hydrogen) atoms. The van der Waals surface area contributed by atoms with Gasteiger partial charge >= 0.3 is 0 Å². The van der Waals surface area contributed by atoms with Gasteiger partial charge in [-0.3, -0.25) is 4.79 Å². The number of carbonyl (C=O) groups is 1. The van der Waals surface area contributed by atoms with Crippen molar-refractivity contribution in [2.45, 2.75) is 26.7 Å². The molecule has 4 nitrogen and oxygen atoms in total. The summed E-state index contributed by atoms with van der Waals surface area (Å²) in [4.78, 5) is 16.8. The third kappa shape index (κ3) is 3.54. The average Bonchev–Trinajstić information content (AvgIpc) is 2.97. The number of nitrogens with one attached hydrogen (secondary N) is 1. The Balaban J connectivity index is 1.74. The van der Waals surface area contributed by atoms with Crippen molar-refractivity contribution < 1.29 is 9.21 Å². The Kier molecular flexibility index (Phi) is 4.75. The SMILES string of the molecule is CCc1ccccc1NC(=O)Cc1oc(-c2ccccc2)nc1C. The summed E-state index contributed by atoms with van der Waals surface area (Å²) in [7, 11) is 0. The summed E-state index contributed by atoms with van der Waals surface area (Å²) in [5.74, 6) is 1.04. The van der Waals surface area contributed by atoms with E-state index in [1.807, 2.05) is 61.5 Å². The monoisotopic (exact) mass is 320 g/mol. The van der Waals surface area contributed by atoms with Crippen molar-refractivity contribution >= 4 is 11.6 Å². The predicted molar refractivity (Wildman–Crippen MR) is 94.8 cm³/mol. The Morgan fingerprint density at radius 1 is 1.08 bits per heavy atom. The van der Waals surface area contributed by atoms with Crippen LogP contribution in [0, 0.1) is 6.92 Å². The molecular weight excluding hydrogens is 300 g/mol. The van der Waals surface area contributed by atoms with Crippen LogP contribution >= 0.6 is 0 Å². The topological polar surface area (TPSA) is 55.1 Å². The summed E-state index contributed by atoms with van der Waals surface area (Å²) >= 11 is 0. The molecule has 0 aliphatic heterocycles. The van der Waals surface area contributed by atoms with Crippen LogP contribution in [0.15, 0.2) is 59.0 Å². The second-order valence-electron chi connectivity index (χ2n) is 5.63. The lowest BCUT2D eigenvalue weighted by atomic mass is 10.1. The molecule has 0 saturated heterocycles. The fourth-order valence-electron chi connectivity index (χ4n) is 2.59. The molecule has 2 aromatic carbocycles. The summed E-state index contributed by atoms with van der Waals surface area (Å²) in [6.45, 7) is 3.93. The van der Waals surface area contributed by atoms with E-state index in [0.717, 1.165) is 28.9 Å². The Morgan fingerprint density at radius 2 is 1.79 bits per heavy atom. The lowest BCUT2D eigenvalue weighted by molar-refractivity contribution is -0.115. The van der Waals surface area contributed by atoms with Crippen LogP contribution in [0.1, 0.15) is 23.9 Å². The van der Waals surface area contributed by atoms with E-state index in [1.165, 1.54) is 0 Å². The first kappa shape index (κ1) is 16.0. The molecule has 122 valence electrons. The average molecular weight is 320 g/mol. The molecule has 1 aromatic heterocycles. The van der Waals surface area contributed by atoms with Gasteiger partial charge in [-0.1, -0.05) is 43.3 Å². The van der Waals surface area contributed by atoms with Gasteiger partial charge in [0.25, 0.3) is 0 Å². The van der Waals surface area contributed by atoms with E-state index in [0.29, 0.717) is 11.7 Å². The van der Waals surface area contributed by atoms with Crippen LogP contribution in [-0.2, 0) is 17.6 Å². The van der Waals surface area contributed by atoms with Gasteiger partial charge < -0.3 is 9.73 Å². The van der Waals surface area contributed by atoms with Crippen LogP contribution in [0.4, 0.5) is 5.69 Å². The van der Waals surface area contributed by atoms with E-state index in [9.17, 15) is 4.79 Å². The number of para-hydroxylation sites is 1. The number of benzene rings is 2. The molecular formula is C20H20N2O2. The van der Waals surface area contributed by atoms with Crippen LogP contribution in [-0.4, -0.2) is 10.9 Å². The Hall–Kier alpha value is -2.88. The second kappa shape index (κ2) is 7.13. The number of oxazole rings is 1. The zero-order valence-electron chi connectivity index (χ0n) is 13.9. The Labute approximate surface area is 141 Å². The minimum atomic E-state index is -0.102. The number of rotatable bonds is 5. The van der Waals surface area contributed by atoms with E-state index in [2.05, 4.69) is 17.2 Å². The molecule has 0 saturated carbocycles. The van der Waals surface area contributed by atoms with Crippen molar-refractivity contribution in [3.05, 3.63) is 71.6 Å². The van der Waals surface area contributed by atoms with Gasteiger partial charge in [-0.25, -0.2) is 4.98 Å². The van der Waals surface area contributed by atoms with Crippen LogP contribution < -0.4 is 5.32 Å². The molecule has 3 aromatic rings. The first-order valence-corrected chi connectivity index (χ1v) is 8.07. The van der Waals surface area contributed by atoms with Crippen LogP contribution in [0.25, 0.3) is 11.5 Å². The zero-order chi connectivity index (χ0) is 16.9. The van der Waals surface area contributed by atoms with Gasteiger partial charge in [-0.05, 0) is 37.1 Å². The van der Waals surface area contributed by atoms with Gasteiger partial charge in [0.05, 0.1) is 12.1 Å². The Morgan fingerprint density at radius 3 is 2.54 bits per heavy atom. The van der Waals surface area contributed by atoms with Crippen LogP contribution in [0.5, 0.6) is 0 Å². The Bertz CT molecular complexity index is 838. The van der Waals surface area contributed by atoms with Crippen molar-refractivity contribution in [3.63, 3.8) is 0 Å². The predicted octanol–water partition coefficient (Wildman–Crippen LogP) is 4.39. The van der Waals surface area contributed by atoms with Crippen molar-refractivity contribution in [1.82, 2.24) is 4.98 Å². The molecule has 4 heteroatoms. The number of amides is 1. The highest BCUT2D eigenvalue weighted by Crippen LogP contribution is 2.22. The lowest BCUT2D eigenvalue weighted by Crippen LogP contribution is -2.15. The molecule has 0 atom stereocenters. The summed E-state index contributed by atoms with van der Waals surface area (Å²) in [5, 5.41) is 2.96. The van der Waals surface area contributed by atoms with Gasteiger partial charge in [0.15, 0.2) is 0 Å². The molecule has 0 radical (unpaired) electrons. The maximum Gasteiger partial charge on any atom is 0.232 e. The summed E-state index contributed by atoms with van der Waals surface area (Å²) in [5.41, 5.74) is 3.62. The third-order valence-corrected chi connectivity index (χ3v) is 3.91. The smallest absolute Gasteiger partial charge is 0.232 e. The van der Waals surface area contributed by atoms with E-state index in [4.69, 9.17) is 4.42 Å². The lowest BCUT2D eigenvalue weighted by Gasteiger charge is -2.08. The normalized spacial score (nSPS) is 10.6. The summed E-state index contributed by atoms with van der Waals surface area (Å²) in [6, 6.07) is 17.5. The molecule has 1 heterocycles. The number of hydrogen-bond acceptors (Lipinski definition) is 3. The minimum absolute atomic E-state index is 0.102. The summed E-state index contributed by atoms with van der Waals surface area (Å²) in [6.07, 6.45) is 1.04. The van der Waals surface area contributed by atoms with Crippen molar-refractivity contribution in [2.24, 2.45) is 0 Å². The van der Waals surface area contributed by atoms with E-state index < -0.39 is 0 Å². The van der Waals surface area contributed by atoms with Gasteiger partial charge in [0.1, 0.15) is 5.76 Å². The molecule has 0 aliphatic carbocycles. The highest BCUT2D eigenvalue weighted by molar-refractivity contribution is 5.92. The zero-order valence-corrected chi connectivity index (χ0v) is 13.9. The molecule has 0 fully saturated rings. The first-order valence-electron chi connectivity index (χ1n) is 8.07. The first-order chi connectivity index (χ1) is 11.7. The molecule has 0 unspecified atom stereocenters. The van der Waals surface area contributed by atoms with Crippen LogP contribution in [0.3, 0.4) is 0 Å². The largest absolute Gasteiger partial charge is 0.440 e. The number of anilines is 1. The summed E-state index contributed by atoms with van der Waals surface area (Å²) < 4.78 is 5.79. The standard InChI is InChI=1S/C20H20N2O2/c1-3-15-9-7-8-12-17(15)22-19(23)13-18-14(2)21-20(24-18)16-10-5-4-6-11-16/h4-12H,3,13H2,1-2H3,(H,22,23). The van der Waals surface area contributed by atoms with Crippen molar-refractivity contribution in [2.75, 3.05) is 5.32 Å². The van der Waals surface area contributed by atoms with Gasteiger partial charge in [0, 0.05) is 11.3 Å². The van der Waals surface area contributed by atoms with E-state index >= 15 is 0 Å². The quantitative estimate of drug-likeness (QED) is 0.758. The maximum absolute atomic E-state index is 12.3. The minimum Gasteiger partial charge on any atom is -0.440 e.